The fourth-order valence-corrected chi connectivity index (χ4v) is 2.60. The van der Waals surface area contributed by atoms with Gasteiger partial charge in [-0.2, -0.15) is 0 Å². The standard InChI is InChI=1S/C17H17FO3/c1-11-3-2-4-12(9-19)17(11)20-10-15-8-13-7-14(18)5-6-16(13)21-15/h2-7,15,19H,8-10H2,1H3. The lowest BCUT2D eigenvalue weighted by Gasteiger charge is -2.16. The topological polar surface area (TPSA) is 38.7 Å². The number of rotatable bonds is 4. The lowest BCUT2D eigenvalue weighted by molar-refractivity contribution is 0.145. The van der Waals surface area contributed by atoms with Crippen LogP contribution in [0.2, 0.25) is 0 Å². The van der Waals surface area contributed by atoms with Crippen molar-refractivity contribution in [2.75, 3.05) is 6.61 Å². The van der Waals surface area contributed by atoms with Crippen molar-refractivity contribution in [3.8, 4) is 11.5 Å². The van der Waals surface area contributed by atoms with E-state index in [-0.39, 0.29) is 18.5 Å². The van der Waals surface area contributed by atoms with Crippen molar-refractivity contribution in [3.05, 3.63) is 58.9 Å². The van der Waals surface area contributed by atoms with E-state index in [0.29, 0.717) is 18.8 Å². The number of ether oxygens (including phenoxy) is 2. The normalized spacial score (nSPS) is 16.4. The van der Waals surface area contributed by atoms with Gasteiger partial charge >= 0.3 is 0 Å². The Kier molecular flexibility index (Phi) is 3.80. The van der Waals surface area contributed by atoms with E-state index >= 15 is 0 Å². The van der Waals surface area contributed by atoms with Crippen LogP contribution >= 0.6 is 0 Å². The molecule has 21 heavy (non-hydrogen) atoms. The second-order valence-electron chi connectivity index (χ2n) is 5.23. The van der Waals surface area contributed by atoms with Gasteiger partial charge < -0.3 is 14.6 Å². The van der Waals surface area contributed by atoms with Gasteiger partial charge in [-0.25, -0.2) is 4.39 Å². The van der Waals surface area contributed by atoms with Crippen LogP contribution in [0, 0.1) is 12.7 Å². The fourth-order valence-electron chi connectivity index (χ4n) is 2.60. The van der Waals surface area contributed by atoms with Crippen LogP contribution in [0.15, 0.2) is 36.4 Å². The number of benzene rings is 2. The quantitative estimate of drug-likeness (QED) is 0.940. The van der Waals surface area contributed by atoms with Crippen molar-refractivity contribution in [2.24, 2.45) is 0 Å². The van der Waals surface area contributed by atoms with E-state index in [2.05, 4.69) is 0 Å². The Morgan fingerprint density at radius 1 is 1.33 bits per heavy atom. The molecular weight excluding hydrogens is 271 g/mol. The largest absolute Gasteiger partial charge is 0.489 e. The third-order valence-corrected chi connectivity index (χ3v) is 3.64. The molecule has 0 spiro atoms. The summed E-state index contributed by atoms with van der Waals surface area (Å²) in [7, 11) is 0. The first-order valence-corrected chi connectivity index (χ1v) is 6.94. The van der Waals surface area contributed by atoms with Crippen molar-refractivity contribution < 1.29 is 19.0 Å². The van der Waals surface area contributed by atoms with Gasteiger partial charge in [0.25, 0.3) is 0 Å². The first-order chi connectivity index (χ1) is 10.2. The molecule has 3 nitrogen and oxygen atoms in total. The van der Waals surface area contributed by atoms with Crippen LogP contribution in [-0.4, -0.2) is 17.8 Å². The van der Waals surface area contributed by atoms with Crippen molar-refractivity contribution in [1.82, 2.24) is 0 Å². The summed E-state index contributed by atoms with van der Waals surface area (Å²) >= 11 is 0. The Bertz CT molecular complexity index is 654. The molecule has 0 saturated carbocycles. The lowest BCUT2D eigenvalue weighted by atomic mass is 10.1. The third kappa shape index (κ3) is 2.85. The number of aliphatic hydroxyl groups is 1. The van der Waals surface area contributed by atoms with Gasteiger partial charge in [-0.1, -0.05) is 18.2 Å². The predicted octanol–water partition coefficient (Wildman–Crippen LogP) is 3.01. The summed E-state index contributed by atoms with van der Waals surface area (Å²) in [6.45, 7) is 2.25. The van der Waals surface area contributed by atoms with E-state index in [1.807, 2.05) is 25.1 Å². The van der Waals surface area contributed by atoms with Crippen LogP contribution in [-0.2, 0) is 13.0 Å². The summed E-state index contributed by atoms with van der Waals surface area (Å²) in [5.41, 5.74) is 2.61. The number of fused-ring (bicyclic) bond motifs is 1. The van der Waals surface area contributed by atoms with Crippen molar-refractivity contribution in [3.63, 3.8) is 0 Å². The highest BCUT2D eigenvalue weighted by Gasteiger charge is 2.24. The van der Waals surface area contributed by atoms with Gasteiger partial charge in [0.1, 0.15) is 30.0 Å². The molecule has 0 fully saturated rings. The molecule has 1 N–H and O–H groups in total. The van der Waals surface area contributed by atoms with Crippen LogP contribution in [0.1, 0.15) is 16.7 Å². The zero-order valence-electron chi connectivity index (χ0n) is 11.8. The van der Waals surface area contributed by atoms with Gasteiger partial charge in [0.15, 0.2) is 0 Å². The highest BCUT2D eigenvalue weighted by molar-refractivity contribution is 5.41. The van der Waals surface area contributed by atoms with Crippen molar-refractivity contribution >= 4 is 0 Å². The maximum Gasteiger partial charge on any atom is 0.137 e. The Morgan fingerprint density at radius 2 is 2.19 bits per heavy atom. The van der Waals surface area contributed by atoms with Crippen LogP contribution in [0.25, 0.3) is 0 Å². The summed E-state index contributed by atoms with van der Waals surface area (Å²) in [4.78, 5) is 0. The van der Waals surface area contributed by atoms with Crippen LogP contribution < -0.4 is 9.47 Å². The SMILES string of the molecule is Cc1cccc(CO)c1OCC1Cc2cc(F)ccc2O1. The van der Waals surface area contributed by atoms with Gasteiger partial charge in [0.2, 0.25) is 0 Å². The molecule has 2 aromatic rings. The molecule has 1 atom stereocenters. The third-order valence-electron chi connectivity index (χ3n) is 3.64. The Labute approximate surface area is 122 Å². The summed E-state index contributed by atoms with van der Waals surface area (Å²) in [5, 5.41) is 9.35. The minimum Gasteiger partial charge on any atom is -0.489 e. The average molecular weight is 288 g/mol. The molecule has 2 aromatic carbocycles. The van der Waals surface area contributed by atoms with E-state index in [1.165, 1.54) is 12.1 Å². The number of para-hydroxylation sites is 1. The maximum absolute atomic E-state index is 13.2. The second-order valence-corrected chi connectivity index (χ2v) is 5.23. The molecule has 0 amide bonds. The van der Waals surface area contributed by atoms with Gasteiger partial charge in [0.05, 0.1) is 6.61 Å². The van der Waals surface area contributed by atoms with E-state index < -0.39 is 0 Å². The van der Waals surface area contributed by atoms with E-state index in [0.717, 1.165) is 22.4 Å². The predicted molar refractivity (Wildman–Crippen MR) is 77.1 cm³/mol. The van der Waals surface area contributed by atoms with E-state index in [9.17, 15) is 9.50 Å². The Balaban J connectivity index is 1.68. The molecule has 110 valence electrons. The van der Waals surface area contributed by atoms with Crippen molar-refractivity contribution in [2.45, 2.75) is 26.1 Å². The number of aliphatic hydroxyl groups excluding tert-OH is 1. The molecule has 4 heteroatoms. The molecule has 3 rings (SSSR count). The van der Waals surface area contributed by atoms with Crippen molar-refractivity contribution in [1.29, 1.82) is 0 Å². The Hall–Kier alpha value is -2.07. The number of aryl methyl sites for hydroxylation is 1. The van der Waals surface area contributed by atoms with Crippen LogP contribution in [0.5, 0.6) is 11.5 Å². The molecule has 0 aliphatic carbocycles. The van der Waals surface area contributed by atoms with Gasteiger partial charge in [-0.15, -0.1) is 0 Å². The van der Waals surface area contributed by atoms with E-state index in [4.69, 9.17) is 9.47 Å². The molecule has 0 bridgehead atoms. The smallest absolute Gasteiger partial charge is 0.137 e. The zero-order valence-corrected chi connectivity index (χ0v) is 11.8. The highest BCUT2D eigenvalue weighted by atomic mass is 19.1. The molecule has 1 heterocycles. The monoisotopic (exact) mass is 288 g/mol. The second kappa shape index (κ2) is 5.74. The first-order valence-electron chi connectivity index (χ1n) is 6.94. The lowest BCUT2D eigenvalue weighted by Crippen LogP contribution is -2.23. The average Bonchev–Trinajstić information content (AvgIpc) is 2.87. The van der Waals surface area contributed by atoms with E-state index in [1.54, 1.807) is 6.07 Å². The molecule has 0 radical (unpaired) electrons. The van der Waals surface area contributed by atoms with Crippen LogP contribution in [0.3, 0.4) is 0 Å². The molecule has 1 aliphatic heterocycles. The zero-order chi connectivity index (χ0) is 14.8. The minimum atomic E-state index is -0.250. The summed E-state index contributed by atoms with van der Waals surface area (Å²) in [5.74, 6) is 1.17. The molecule has 0 saturated heterocycles. The number of hydrogen-bond acceptors (Lipinski definition) is 3. The van der Waals surface area contributed by atoms with Gasteiger partial charge in [-0.3, -0.25) is 0 Å². The maximum atomic E-state index is 13.2. The first kappa shape index (κ1) is 13.9. The number of halogens is 1. The summed E-state index contributed by atoms with van der Waals surface area (Å²) < 4.78 is 24.7. The number of hydrogen-bond donors (Lipinski definition) is 1. The molecule has 0 aromatic heterocycles. The summed E-state index contributed by atoms with van der Waals surface area (Å²) in [6, 6.07) is 10.2. The summed E-state index contributed by atoms with van der Waals surface area (Å²) in [6.07, 6.45) is 0.501. The molecule has 1 unspecified atom stereocenters. The Morgan fingerprint density at radius 3 is 3.00 bits per heavy atom. The fraction of sp³-hybridized carbons (Fsp3) is 0.294. The molecule has 1 aliphatic rings. The van der Waals surface area contributed by atoms with Gasteiger partial charge in [0, 0.05) is 17.5 Å². The minimum absolute atomic E-state index is 0.0615. The van der Waals surface area contributed by atoms with Gasteiger partial charge in [-0.05, 0) is 30.7 Å². The molecular formula is C17H17FO3. The van der Waals surface area contributed by atoms with Crippen LogP contribution in [0.4, 0.5) is 4.39 Å². The highest BCUT2D eigenvalue weighted by Crippen LogP contribution is 2.30.